The first-order valence-corrected chi connectivity index (χ1v) is 32.5. The molecular formula is C87H87NO3S. The zero-order valence-electron chi connectivity index (χ0n) is 56.6. The van der Waals surface area contributed by atoms with Crippen LogP contribution >= 0.6 is 11.3 Å². The number of thiophene rings is 1. The van der Waals surface area contributed by atoms with Crippen molar-refractivity contribution in [3.8, 4) is 0 Å². The highest BCUT2D eigenvalue weighted by Crippen LogP contribution is 2.36. The van der Waals surface area contributed by atoms with Gasteiger partial charge in [0.05, 0.1) is 0 Å². The fourth-order valence-electron chi connectivity index (χ4n) is 11.0. The minimum absolute atomic E-state index is 0.973. The first-order chi connectivity index (χ1) is 44.2. The van der Waals surface area contributed by atoms with Crippen LogP contribution < -0.4 is 0 Å². The molecule has 0 bridgehead atoms. The Bertz CT molecular complexity index is 4680. The van der Waals surface area contributed by atoms with Crippen molar-refractivity contribution in [3.05, 3.63) is 326 Å². The van der Waals surface area contributed by atoms with Crippen LogP contribution in [0.5, 0.6) is 0 Å². The molecule has 0 saturated carbocycles. The molecule has 0 aliphatic rings. The van der Waals surface area contributed by atoms with E-state index < -0.39 is 0 Å². The molecule has 11 aromatic carbocycles. The number of nitrogens with zero attached hydrogens (tertiary/aromatic N) is 1. The number of aromatic nitrogens is 1. The van der Waals surface area contributed by atoms with Crippen LogP contribution in [0.3, 0.4) is 0 Å². The molecule has 0 amide bonds. The Balaban J connectivity index is 0.000000126. The van der Waals surface area contributed by atoms with E-state index in [9.17, 15) is 0 Å². The highest BCUT2D eigenvalue weighted by Gasteiger charge is 2.11. The Morgan fingerprint density at radius 1 is 0.217 bits per heavy atom. The Morgan fingerprint density at radius 2 is 0.511 bits per heavy atom. The molecule has 16 aromatic rings. The van der Waals surface area contributed by atoms with Crippen molar-refractivity contribution >= 4 is 97.3 Å². The zero-order chi connectivity index (χ0) is 65.6. The van der Waals surface area contributed by atoms with E-state index in [1.54, 1.807) is 0 Å². The van der Waals surface area contributed by atoms with Crippen molar-refractivity contribution in [2.24, 2.45) is 0 Å². The summed E-state index contributed by atoms with van der Waals surface area (Å²) in [6, 6.07) is 82.4. The van der Waals surface area contributed by atoms with Crippen LogP contribution in [0.2, 0.25) is 0 Å². The van der Waals surface area contributed by atoms with Gasteiger partial charge in [-0.15, -0.1) is 11.3 Å². The first kappa shape index (κ1) is 66.6. The van der Waals surface area contributed by atoms with E-state index in [0.717, 1.165) is 44.9 Å². The molecule has 0 saturated heterocycles. The van der Waals surface area contributed by atoms with E-state index in [2.05, 4.69) is 302 Å². The molecule has 0 atom stereocenters. The lowest BCUT2D eigenvalue weighted by Crippen LogP contribution is -1.81. The summed E-state index contributed by atoms with van der Waals surface area (Å²) >= 11 is 1.88. The van der Waals surface area contributed by atoms with E-state index in [-0.39, 0.29) is 0 Å². The molecule has 0 unspecified atom stereocenters. The Hall–Kier alpha value is -9.81. The summed E-state index contributed by atoms with van der Waals surface area (Å²) in [5.74, 6) is 0. The van der Waals surface area contributed by atoms with Gasteiger partial charge in [0.25, 0.3) is 0 Å². The molecule has 5 heteroatoms. The van der Waals surface area contributed by atoms with Crippen molar-refractivity contribution in [3.63, 3.8) is 0 Å². The lowest BCUT2D eigenvalue weighted by Gasteiger charge is -1.95. The molecule has 4 nitrogen and oxygen atoms in total. The monoisotopic (exact) mass is 1230 g/mol. The summed E-state index contributed by atoms with van der Waals surface area (Å²) in [7, 11) is 0. The normalized spacial score (nSPS) is 10.6. The van der Waals surface area contributed by atoms with Gasteiger partial charge in [-0.25, -0.2) is 0 Å². The summed E-state index contributed by atoms with van der Waals surface area (Å²) in [6.07, 6.45) is 0. The van der Waals surface area contributed by atoms with Crippen LogP contribution in [0.15, 0.2) is 250 Å². The van der Waals surface area contributed by atoms with Crippen molar-refractivity contribution in [2.45, 2.75) is 111 Å². The van der Waals surface area contributed by atoms with Crippen molar-refractivity contribution in [1.29, 1.82) is 0 Å². The third-order valence-electron chi connectivity index (χ3n) is 16.2. The smallest absolute Gasteiger partial charge is 0.138 e. The van der Waals surface area contributed by atoms with Gasteiger partial charge in [0, 0.05) is 63.9 Å². The highest BCUT2D eigenvalue weighted by atomic mass is 32.1. The predicted octanol–water partition coefficient (Wildman–Crippen LogP) is 25.9. The van der Waals surface area contributed by atoms with Gasteiger partial charge in [0.1, 0.15) is 33.5 Å². The Labute approximate surface area is 548 Å². The lowest BCUT2D eigenvalue weighted by atomic mass is 10.1. The first-order valence-electron chi connectivity index (χ1n) is 31.7. The number of hydrogen-bond donors (Lipinski definition) is 0. The van der Waals surface area contributed by atoms with E-state index in [1.807, 2.05) is 61.6 Å². The molecule has 5 aromatic heterocycles. The topological polar surface area (TPSA) is 52.3 Å². The molecule has 16 rings (SSSR count). The minimum atomic E-state index is 0.973. The van der Waals surface area contributed by atoms with Gasteiger partial charge < -0.3 is 13.3 Å². The van der Waals surface area contributed by atoms with Gasteiger partial charge in [0.15, 0.2) is 0 Å². The second kappa shape index (κ2) is 30.8. The summed E-state index contributed by atoms with van der Waals surface area (Å²) < 4.78 is 20.3. The minimum Gasteiger partial charge on any atom is -0.456 e. The van der Waals surface area contributed by atoms with Crippen molar-refractivity contribution in [1.82, 2.24) is 4.98 Å². The third-order valence-corrected chi connectivity index (χ3v) is 17.3. The Morgan fingerprint density at radius 3 is 0.870 bits per heavy atom. The average molecular weight is 1230 g/mol. The average Bonchev–Trinajstić information content (AvgIpc) is 1.67. The SMILES string of the molecule is Cc1ccc(C)cc1.Cc1ccc2oc3c(C)cccc3c2c1.Cc1ccc2oc3ccc(C)cc3c2c1.Cc1ccc2sc3ccc(C)cc3c2c1.Cc1cccc(C)c1.Cc1cccc(C)n1.Cc1cccc2c1oc1c(C)cccc12.Cc1ccccc1C. The summed E-state index contributed by atoms with van der Waals surface area (Å²) in [5, 5.41) is 10.1. The van der Waals surface area contributed by atoms with E-state index in [0.29, 0.717) is 0 Å². The third kappa shape index (κ3) is 17.4. The largest absolute Gasteiger partial charge is 0.456 e. The molecule has 92 heavy (non-hydrogen) atoms. The Kier molecular flexibility index (Phi) is 22.3. The standard InChI is InChI=1S/3C14H12O.C14H12S.3C8H10.C7H9N/c1-9-3-5-13-11(7-9)12-8-10(2)4-6-14(12)15-13;1-9-5-3-7-11-12-8-4-6-10(2)14(12)15-13(9)11;1-9-6-7-13-12(8-9)11-5-3-4-10(2)14(11)15-13;1-9-3-5-13-11(7-9)12-8-10(2)4-6-14(12)15-13;1-7-3-5-8(2)6-4-7;1-7-4-3-5-8(2)6-7;1-7-5-3-4-6-8(7)2;1-6-4-3-5-7(2)8-6/h4*3-8H,1-2H3;3*3-6H,1-2H3;3-5H,1-2H3. The molecule has 464 valence electrons. The molecule has 0 radical (unpaired) electrons. The predicted molar refractivity (Wildman–Crippen MR) is 400 cm³/mol. The van der Waals surface area contributed by atoms with Gasteiger partial charge in [-0.2, -0.15) is 0 Å². The van der Waals surface area contributed by atoms with Gasteiger partial charge in [-0.1, -0.05) is 214 Å². The number of benzene rings is 11. The number of fused-ring (bicyclic) bond motifs is 12. The van der Waals surface area contributed by atoms with Crippen LogP contribution in [0.4, 0.5) is 0 Å². The summed E-state index contributed by atoms with van der Waals surface area (Å²) in [6.45, 7) is 33.5. The maximum Gasteiger partial charge on any atom is 0.138 e. The summed E-state index contributed by atoms with van der Waals surface area (Å²) in [5.41, 5.74) is 26.3. The maximum atomic E-state index is 5.91. The van der Waals surface area contributed by atoms with E-state index in [1.165, 1.54) is 130 Å². The molecule has 0 aliphatic heterocycles. The maximum absolute atomic E-state index is 5.91. The fraction of sp³-hybridized carbons (Fsp3) is 0.184. The number of furan rings is 3. The zero-order valence-corrected chi connectivity index (χ0v) is 57.4. The lowest BCUT2D eigenvalue weighted by molar-refractivity contribution is 0.662. The number of aryl methyl sites for hydroxylation is 16. The van der Waals surface area contributed by atoms with Gasteiger partial charge >= 0.3 is 0 Å². The van der Waals surface area contributed by atoms with Crippen LogP contribution in [-0.2, 0) is 0 Å². The number of rotatable bonds is 0. The molecule has 5 heterocycles. The van der Waals surface area contributed by atoms with Crippen LogP contribution in [-0.4, -0.2) is 4.98 Å². The molecule has 0 spiro atoms. The van der Waals surface area contributed by atoms with Crippen molar-refractivity contribution < 1.29 is 13.3 Å². The molecular weight excluding hydrogens is 1140 g/mol. The van der Waals surface area contributed by atoms with E-state index >= 15 is 0 Å². The van der Waals surface area contributed by atoms with Crippen LogP contribution in [0, 0.1) is 111 Å². The molecule has 0 fully saturated rings. The second-order valence-electron chi connectivity index (χ2n) is 24.6. The summed E-state index contributed by atoms with van der Waals surface area (Å²) in [4.78, 5) is 4.17. The number of pyridine rings is 1. The van der Waals surface area contributed by atoms with Gasteiger partial charge in [0.2, 0.25) is 0 Å². The van der Waals surface area contributed by atoms with Crippen molar-refractivity contribution in [2.75, 3.05) is 0 Å². The van der Waals surface area contributed by atoms with Gasteiger partial charge in [-0.3, -0.25) is 4.98 Å². The number of para-hydroxylation sites is 3. The second-order valence-corrected chi connectivity index (χ2v) is 25.7. The quantitative estimate of drug-likeness (QED) is 0.152. The van der Waals surface area contributed by atoms with Gasteiger partial charge in [-0.05, 0) is 211 Å². The fourth-order valence-corrected chi connectivity index (χ4v) is 12.0. The molecule has 0 aliphatic carbocycles. The van der Waals surface area contributed by atoms with Crippen LogP contribution in [0.25, 0.3) is 86.0 Å². The number of hydrogen-bond acceptors (Lipinski definition) is 5. The van der Waals surface area contributed by atoms with Crippen LogP contribution in [0.1, 0.15) is 89.3 Å². The molecule has 0 N–H and O–H groups in total. The highest BCUT2D eigenvalue weighted by molar-refractivity contribution is 7.25. The van der Waals surface area contributed by atoms with E-state index in [4.69, 9.17) is 13.3 Å².